The summed E-state index contributed by atoms with van der Waals surface area (Å²) in [5.41, 5.74) is 6.21. The van der Waals surface area contributed by atoms with Crippen molar-refractivity contribution in [2.45, 2.75) is 17.9 Å². The molecule has 7 heteroatoms. The molecule has 0 radical (unpaired) electrons. The lowest BCUT2D eigenvalue weighted by Crippen LogP contribution is -2.27. The minimum Gasteiger partial charge on any atom is -0.326 e. The number of rotatable bonds is 7. The smallest absolute Gasteiger partial charge is 0.240 e. The minimum atomic E-state index is -3.50. The Morgan fingerprint density at radius 3 is 2.58 bits per heavy atom. The van der Waals surface area contributed by atoms with Gasteiger partial charge in [0, 0.05) is 18.1 Å². The van der Waals surface area contributed by atoms with Gasteiger partial charge in [-0.05, 0) is 44.8 Å². The molecule has 5 nitrogen and oxygen atoms in total. The highest BCUT2D eigenvalue weighted by atomic mass is 35.5. The second-order valence-corrected chi connectivity index (χ2v) is 6.69. The second kappa shape index (κ2) is 7.21. The summed E-state index contributed by atoms with van der Waals surface area (Å²) in [6, 6.07) is 4.58. The van der Waals surface area contributed by atoms with Crippen molar-refractivity contribution in [3.63, 3.8) is 0 Å². The van der Waals surface area contributed by atoms with Crippen molar-refractivity contribution in [2.24, 2.45) is 5.73 Å². The fraction of sp³-hybridized carbons (Fsp3) is 0.500. The molecule has 0 heterocycles. The number of sulfonamides is 1. The first-order chi connectivity index (χ1) is 8.86. The van der Waals surface area contributed by atoms with Crippen molar-refractivity contribution in [3.05, 3.63) is 28.8 Å². The molecule has 0 amide bonds. The summed E-state index contributed by atoms with van der Waals surface area (Å²) in [6.45, 7) is 1.52. The van der Waals surface area contributed by atoms with E-state index in [2.05, 4.69) is 4.72 Å². The molecule has 0 saturated carbocycles. The highest BCUT2D eigenvalue weighted by molar-refractivity contribution is 7.89. The molecule has 0 fully saturated rings. The van der Waals surface area contributed by atoms with Gasteiger partial charge in [-0.1, -0.05) is 17.7 Å². The van der Waals surface area contributed by atoms with Crippen LogP contribution in [0.25, 0.3) is 0 Å². The Hall–Kier alpha value is -0.660. The average Bonchev–Trinajstić information content (AvgIpc) is 2.34. The Morgan fingerprint density at radius 1 is 1.37 bits per heavy atom. The fourth-order valence-corrected chi connectivity index (χ4v) is 2.97. The zero-order valence-corrected chi connectivity index (χ0v) is 12.8. The molecule has 0 spiro atoms. The highest BCUT2D eigenvalue weighted by Gasteiger charge is 2.14. The monoisotopic (exact) mass is 305 g/mol. The molecule has 0 bridgehead atoms. The molecule has 3 N–H and O–H groups in total. The van der Waals surface area contributed by atoms with E-state index in [-0.39, 0.29) is 11.4 Å². The Labute approximate surface area is 119 Å². The van der Waals surface area contributed by atoms with Crippen LogP contribution in [0.2, 0.25) is 5.02 Å². The fourth-order valence-electron chi connectivity index (χ4n) is 1.55. The third-order valence-corrected chi connectivity index (χ3v) is 4.44. The van der Waals surface area contributed by atoms with Crippen molar-refractivity contribution < 1.29 is 8.42 Å². The third kappa shape index (κ3) is 5.08. The van der Waals surface area contributed by atoms with E-state index < -0.39 is 10.0 Å². The van der Waals surface area contributed by atoms with Gasteiger partial charge in [-0.2, -0.15) is 0 Å². The molecule has 108 valence electrons. The van der Waals surface area contributed by atoms with Crippen molar-refractivity contribution in [2.75, 3.05) is 27.2 Å². The quantitative estimate of drug-likeness (QED) is 0.738. The standard InChI is InChI=1S/C12H20ClN3O2S/c1-16(2)7-3-6-15-19(17,18)11-5-4-10(9-14)12(13)8-11/h4-5,8,15H,3,6-7,9,14H2,1-2H3. The predicted octanol–water partition coefficient (Wildman–Crippen LogP) is 1.03. The molecule has 0 aromatic heterocycles. The van der Waals surface area contributed by atoms with Crippen LogP contribution in [0.1, 0.15) is 12.0 Å². The summed E-state index contributed by atoms with van der Waals surface area (Å²) in [5.74, 6) is 0. The van der Waals surface area contributed by atoms with Gasteiger partial charge in [0.05, 0.1) is 4.90 Å². The van der Waals surface area contributed by atoms with Crippen LogP contribution in [0, 0.1) is 0 Å². The number of hydrogen-bond acceptors (Lipinski definition) is 4. The molecule has 0 aliphatic heterocycles. The largest absolute Gasteiger partial charge is 0.326 e. The van der Waals surface area contributed by atoms with Crippen LogP contribution in [0.3, 0.4) is 0 Å². The van der Waals surface area contributed by atoms with E-state index in [1.54, 1.807) is 6.07 Å². The maximum absolute atomic E-state index is 12.0. The van der Waals surface area contributed by atoms with Crippen LogP contribution < -0.4 is 10.5 Å². The topological polar surface area (TPSA) is 75.4 Å². The van der Waals surface area contributed by atoms with Crippen molar-refractivity contribution in [1.29, 1.82) is 0 Å². The summed E-state index contributed by atoms with van der Waals surface area (Å²) in [6.07, 6.45) is 0.751. The molecule has 1 aromatic carbocycles. The molecule has 1 rings (SSSR count). The van der Waals surface area contributed by atoms with E-state index in [0.717, 1.165) is 18.5 Å². The Bertz CT molecular complexity index is 518. The van der Waals surface area contributed by atoms with Gasteiger partial charge in [-0.15, -0.1) is 0 Å². The third-order valence-electron chi connectivity index (χ3n) is 2.63. The van der Waals surface area contributed by atoms with Crippen LogP contribution in [0.5, 0.6) is 0 Å². The first-order valence-electron chi connectivity index (χ1n) is 5.99. The molecule has 0 aliphatic rings. The normalized spacial score (nSPS) is 12.1. The van der Waals surface area contributed by atoms with E-state index >= 15 is 0 Å². The number of nitrogens with zero attached hydrogens (tertiary/aromatic N) is 1. The van der Waals surface area contributed by atoms with Crippen LogP contribution in [-0.4, -0.2) is 40.5 Å². The van der Waals surface area contributed by atoms with E-state index in [9.17, 15) is 8.42 Å². The number of hydrogen-bond donors (Lipinski definition) is 2. The second-order valence-electron chi connectivity index (χ2n) is 4.51. The maximum Gasteiger partial charge on any atom is 0.240 e. The first kappa shape index (κ1) is 16.4. The van der Waals surface area contributed by atoms with Crippen molar-refractivity contribution in [3.8, 4) is 0 Å². The zero-order chi connectivity index (χ0) is 14.5. The van der Waals surface area contributed by atoms with Gasteiger partial charge >= 0.3 is 0 Å². The summed E-state index contributed by atoms with van der Waals surface area (Å²) >= 11 is 5.96. The number of nitrogens with one attached hydrogen (secondary N) is 1. The summed E-state index contributed by atoms with van der Waals surface area (Å²) in [4.78, 5) is 2.17. The van der Waals surface area contributed by atoms with Gasteiger partial charge in [-0.3, -0.25) is 0 Å². The Kier molecular flexibility index (Phi) is 6.22. The summed E-state index contributed by atoms with van der Waals surface area (Å²) in [5, 5.41) is 0.374. The number of benzene rings is 1. The molecular weight excluding hydrogens is 286 g/mol. The van der Waals surface area contributed by atoms with Crippen LogP contribution in [0.4, 0.5) is 0 Å². The molecule has 0 saturated heterocycles. The lowest BCUT2D eigenvalue weighted by molar-refractivity contribution is 0.400. The molecule has 0 atom stereocenters. The van der Waals surface area contributed by atoms with Crippen LogP contribution in [0.15, 0.2) is 23.1 Å². The van der Waals surface area contributed by atoms with Gasteiger partial charge < -0.3 is 10.6 Å². The predicted molar refractivity (Wildman–Crippen MR) is 77.7 cm³/mol. The number of nitrogens with two attached hydrogens (primary N) is 1. The van der Waals surface area contributed by atoms with Crippen molar-refractivity contribution >= 4 is 21.6 Å². The van der Waals surface area contributed by atoms with Crippen LogP contribution >= 0.6 is 11.6 Å². The van der Waals surface area contributed by atoms with Gasteiger partial charge in [0.1, 0.15) is 0 Å². The van der Waals surface area contributed by atoms with Gasteiger partial charge in [0.2, 0.25) is 10.0 Å². The van der Waals surface area contributed by atoms with Crippen LogP contribution in [-0.2, 0) is 16.6 Å². The van der Waals surface area contributed by atoms with E-state index in [1.165, 1.54) is 12.1 Å². The minimum absolute atomic E-state index is 0.166. The molecule has 0 aliphatic carbocycles. The SMILES string of the molecule is CN(C)CCCNS(=O)(=O)c1ccc(CN)c(Cl)c1. The summed E-state index contributed by atoms with van der Waals surface area (Å²) < 4.78 is 26.6. The maximum atomic E-state index is 12.0. The van der Waals surface area contributed by atoms with E-state index in [4.69, 9.17) is 17.3 Å². The van der Waals surface area contributed by atoms with E-state index in [0.29, 0.717) is 11.6 Å². The Balaban J connectivity index is 2.69. The highest BCUT2D eigenvalue weighted by Crippen LogP contribution is 2.20. The molecular formula is C12H20ClN3O2S. The van der Waals surface area contributed by atoms with Gasteiger partial charge in [0.15, 0.2) is 0 Å². The summed E-state index contributed by atoms with van der Waals surface area (Å²) in [7, 11) is 0.389. The first-order valence-corrected chi connectivity index (χ1v) is 7.86. The lowest BCUT2D eigenvalue weighted by Gasteiger charge is -2.11. The van der Waals surface area contributed by atoms with E-state index in [1.807, 2.05) is 19.0 Å². The van der Waals surface area contributed by atoms with Gasteiger partial charge in [0.25, 0.3) is 0 Å². The lowest BCUT2D eigenvalue weighted by atomic mass is 10.2. The molecule has 1 aromatic rings. The molecule has 19 heavy (non-hydrogen) atoms. The zero-order valence-electron chi connectivity index (χ0n) is 11.2. The Morgan fingerprint density at radius 2 is 2.05 bits per heavy atom. The van der Waals surface area contributed by atoms with Gasteiger partial charge in [-0.25, -0.2) is 13.1 Å². The number of halogens is 1. The molecule has 0 unspecified atom stereocenters. The van der Waals surface area contributed by atoms with Crippen molar-refractivity contribution in [1.82, 2.24) is 9.62 Å². The average molecular weight is 306 g/mol.